The van der Waals surface area contributed by atoms with Gasteiger partial charge in [0.25, 0.3) is 5.56 Å². The first-order valence-corrected chi connectivity index (χ1v) is 5.98. The molecular formula is C12H9FINO2. The average Bonchev–Trinajstić information content (AvgIpc) is 2.30. The van der Waals surface area contributed by atoms with Gasteiger partial charge in [0.2, 0.25) is 0 Å². The number of benzene rings is 1. The third-order valence-electron chi connectivity index (χ3n) is 2.33. The summed E-state index contributed by atoms with van der Waals surface area (Å²) in [4.78, 5) is 11.8. The Balaban J connectivity index is 2.37. The number of aromatic nitrogens is 1. The van der Waals surface area contributed by atoms with Gasteiger partial charge in [-0.2, -0.15) is 0 Å². The molecule has 0 aliphatic heterocycles. The molecule has 1 heterocycles. The van der Waals surface area contributed by atoms with Crippen molar-refractivity contribution in [3.63, 3.8) is 0 Å². The lowest BCUT2D eigenvalue weighted by Crippen LogP contribution is -2.22. The molecule has 0 amide bonds. The maximum atomic E-state index is 13.0. The topological polar surface area (TPSA) is 42.2 Å². The molecule has 3 nitrogen and oxygen atoms in total. The van der Waals surface area contributed by atoms with E-state index >= 15 is 0 Å². The van der Waals surface area contributed by atoms with Crippen molar-refractivity contribution in [3.05, 3.63) is 61.8 Å². The molecule has 0 saturated heterocycles. The zero-order valence-corrected chi connectivity index (χ0v) is 10.9. The Kier molecular flexibility index (Phi) is 3.46. The summed E-state index contributed by atoms with van der Waals surface area (Å²) in [5, 5.41) is 9.35. The molecular weight excluding hydrogens is 336 g/mol. The fraction of sp³-hybridized carbons (Fsp3) is 0.0833. The summed E-state index contributed by atoms with van der Waals surface area (Å²) in [7, 11) is 0. The van der Waals surface area contributed by atoms with Gasteiger partial charge in [0, 0.05) is 6.20 Å². The van der Waals surface area contributed by atoms with Crippen molar-refractivity contribution in [2.45, 2.75) is 6.54 Å². The van der Waals surface area contributed by atoms with Crippen molar-refractivity contribution in [2.75, 3.05) is 0 Å². The lowest BCUT2D eigenvalue weighted by molar-refractivity contribution is 0.467. The van der Waals surface area contributed by atoms with E-state index < -0.39 is 0 Å². The number of pyridine rings is 1. The van der Waals surface area contributed by atoms with E-state index in [1.165, 1.54) is 29.0 Å². The molecule has 0 saturated carbocycles. The highest BCUT2D eigenvalue weighted by Gasteiger charge is 2.06. The van der Waals surface area contributed by atoms with Crippen LogP contribution in [0.2, 0.25) is 0 Å². The van der Waals surface area contributed by atoms with Crippen molar-refractivity contribution >= 4 is 22.6 Å². The predicted octanol–water partition coefficient (Wildman–Crippen LogP) is 2.35. The molecule has 0 fully saturated rings. The van der Waals surface area contributed by atoms with Crippen LogP contribution < -0.4 is 5.56 Å². The van der Waals surface area contributed by atoms with Crippen LogP contribution in [0.1, 0.15) is 5.56 Å². The first-order valence-electron chi connectivity index (χ1n) is 4.90. The Hall–Kier alpha value is -1.37. The normalized spacial score (nSPS) is 10.5. The molecule has 88 valence electrons. The van der Waals surface area contributed by atoms with Crippen molar-refractivity contribution < 1.29 is 9.50 Å². The molecule has 0 aliphatic rings. The van der Waals surface area contributed by atoms with Crippen LogP contribution in [0.3, 0.4) is 0 Å². The van der Waals surface area contributed by atoms with Crippen LogP contribution in [0, 0.1) is 9.39 Å². The molecule has 0 aliphatic carbocycles. The van der Waals surface area contributed by atoms with Gasteiger partial charge in [0.05, 0.1) is 6.54 Å². The summed E-state index contributed by atoms with van der Waals surface area (Å²) in [6, 6.07) is 7.53. The van der Waals surface area contributed by atoms with E-state index in [4.69, 9.17) is 0 Å². The second-order valence-electron chi connectivity index (χ2n) is 3.58. The zero-order chi connectivity index (χ0) is 12.4. The van der Waals surface area contributed by atoms with Gasteiger partial charge in [0.15, 0.2) is 0 Å². The first kappa shape index (κ1) is 12.1. The molecule has 0 spiro atoms. The van der Waals surface area contributed by atoms with Crippen LogP contribution in [0.25, 0.3) is 0 Å². The van der Waals surface area contributed by atoms with Gasteiger partial charge < -0.3 is 9.67 Å². The number of rotatable bonds is 2. The van der Waals surface area contributed by atoms with E-state index in [1.54, 1.807) is 34.7 Å². The van der Waals surface area contributed by atoms with Gasteiger partial charge >= 0.3 is 0 Å². The highest BCUT2D eigenvalue weighted by molar-refractivity contribution is 14.1. The maximum Gasteiger partial charge on any atom is 0.268 e. The second kappa shape index (κ2) is 4.87. The van der Waals surface area contributed by atoms with Gasteiger partial charge in [-0.15, -0.1) is 0 Å². The number of hydrogen-bond donors (Lipinski definition) is 1. The predicted molar refractivity (Wildman–Crippen MR) is 70.6 cm³/mol. The molecule has 1 aromatic carbocycles. The van der Waals surface area contributed by atoms with Crippen LogP contribution in [0.4, 0.5) is 4.39 Å². The Morgan fingerprint density at radius 3 is 2.82 bits per heavy atom. The van der Waals surface area contributed by atoms with Crippen LogP contribution in [0.15, 0.2) is 41.3 Å². The van der Waals surface area contributed by atoms with Crippen LogP contribution in [0.5, 0.6) is 5.75 Å². The van der Waals surface area contributed by atoms with E-state index in [-0.39, 0.29) is 27.2 Å². The Morgan fingerprint density at radius 2 is 2.12 bits per heavy atom. The van der Waals surface area contributed by atoms with Crippen molar-refractivity contribution in [1.29, 1.82) is 0 Å². The van der Waals surface area contributed by atoms with E-state index in [2.05, 4.69) is 0 Å². The average molecular weight is 345 g/mol. The molecule has 5 heteroatoms. The summed E-state index contributed by atoms with van der Waals surface area (Å²) in [5.74, 6) is -0.366. The van der Waals surface area contributed by atoms with Gasteiger partial charge in [0.1, 0.15) is 15.1 Å². The Labute approximate surface area is 111 Å². The quantitative estimate of drug-likeness (QED) is 0.849. The molecule has 0 radical (unpaired) electrons. The monoisotopic (exact) mass is 345 g/mol. The summed E-state index contributed by atoms with van der Waals surface area (Å²) < 4.78 is 14.7. The van der Waals surface area contributed by atoms with Crippen LogP contribution in [-0.4, -0.2) is 9.67 Å². The van der Waals surface area contributed by atoms with E-state index in [1.807, 2.05) is 0 Å². The van der Waals surface area contributed by atoms with Crippen molar-refractivity contribution in [1.82, 2.24) is 4.57 Å². The summed E-state index contributed by atoms with van der Waals surface area (Å²) in [5.41, 5.74) is 0.420. The van der Waals surface area contributed by atoms with Crippen molar-refractivity contribution in [2.24, 2.45) is 0 Å². The standard InChI is InChI=1S/C12H9FINO2/c13-9-3-1-2-8(6-9)7-15-5-4-10(16)11(14)12(15)17/h1-6,16H,7H2. The number of aromatic hydroxyl groups is 1. The highest BCUT2D eigenvalue weighted by Crippen LogP contribution is 2.14. The highest BCUT2D eigenvalue weighted by atomic mass is 127. The Bertz CT molecular complexity index is 610. The number of nitrogens with zero attached hydrogens (tertiary/aromatic N) is 1. The van der Waals surface area contributed by atoms with Crippen LogP contribution in [-0.2, 0) is 6.54 Å². The lowest BCUT2D eigenvalue weighted by Gasteiger charge is -2.07. The maximum absolute atomic E-state index is 13.0. The lowest BCUT2D eigenvalue weighted by atomic mass is 10.2. The molecule has 2 rings (SSSR count). The molecule has 1 N–H and O–H groups in total. The second-order valence-corrected chi connectivity index (χ2v) is 4.66. The van der Waals surface area contributed by atoms with Gasteiger partial charge in [-0.05, 0) is 46.4 Å². The van der Waals surface area contributed by atoms with E-state index in [0.717, 1.165) is 0 Å². The molecule has 0 bridgehead atoms. The number of halogens is 2. The van der Waals surface area contributed by atoms with Gasteiger partial charge in [-0.3, -0.25) is 4.79 Å². The smallest absolute Gasteiger partial charge is 0.268 e. The van der Waals surface area contributed by atoms with Gasteiger partial charge in [-0.25, -0.2) is 4.39 Å². The third-order valence-corrected chi connectivity index (χ3v) is 3.34. The van der Waals surface area contributed by atoms with E-state index in [9.17, 15) is 14.3 Å². The zero-order valence-electron chi connectivity index (χ0n) is 8.73. The first-order chi connectivity index (χ1) is 8.08. The molecule has 1 aromatic heterocycles. The molecule has 2 aromatic rings. The molecule has 0 unspecified atom stereocenters. The van der Waals surface area contributed by atoms with Gasteiger partial charge in [-0.1, -0.05) is 12.1 Å². The SMILES string of the molecule is O=c1c(I)c(O)ccn1Cc1cccc(F)c1. The minimum Gasteiger partial charge on any atom is -0.507 e. The van der Waals surface area contributed by atoms with Crippen LogP contribution >= 0.6 is 22.6 Å². The molecule has 17 heavy (non-hydrogen) atoms. The third kappa shape index (κ3) is 2.66. The summed E-state index contributed by atoms with van der Waals surface area (Å²) >= 11 is 1.79. The largest absolute Gasteiger partial charge is 0.507 e. The Morgan fingerprint density at radius 1 is 1.35 bits per heavy atom. The number of hydrogen-bond acceptors (Lipinski definition) is 2. The summed E-state index contributed by atoms with van der Waals surface area (Å²) in [6.07, 6.45) is 1.49. The fourth-order valence-corrected chi connectivity index (χ4v) is 1.98. The fourth-order valence-electron chi connectivity index (χ4n) is 1.49. The molecule has 0 atom stereocenters. The van der Waals surface area contributed by atoms with Crippen molar-refractivity contribution in [3.8, 4) is 5.75 Å². The van der Waals surface area contributed by atoms with E-state index in [0.29, 0.717) is 5.56 Å². The minimum absolute atomic E-state index is 0.0360. The summed E-state index contributed by atoms with van der Waals surface area (Å²) in [6.45, 7) is 0.285. The minimum atomic E-state index is -0.330.